The minimum absolute atomic E-state index is 0.351. The maximum absolute atomic E-state index is 6.14. The van der Waals surface area contributed by atoms with Crippen molar-refractivity contribution in [1.29, 1.82) is 0 Å². The average Bonchev–Trinajstić information content (AvgIpc) is 2.54. The highest BCUT2D eigenvalue weighted by Gasteiger charge is 2.07. The zero-order valence-electron chi connectivity index (χ0n) is 12.5. The molecule has 0 aliphatic carbocycles. The van der Waals surface area contributed by atoms with Crippen LogP contribution < -0.4 is 10.6 Å². The fraction of sp³-hybridized carbons (Fsp3) is 0.0625. The predicted octanol–water partition coefficient (Wildman–Crippen LogP) is 5.63. The van der Waals surface area contributed by atoms with Crippen molar-refractivity contribution < 1.29 is 0 Å². The molecule has 3 rings (SSSR count). The Morgan fingerprint density at radius 3 is 2.42 bits per heavy atom. The van der Waals surface area contributed by atoms with Gasteiger partial charge in [0.2, 0.25) is 5.95 Å². The largest absolute Gasteiger partial charge is 0.338 e. The van der Waals surface area contributed by atoms with Crippen molar-refractivity contribution in [2.45, 2.75) is 6.92 Å². The Morgan fingerprint density at radius 2 is 1.62 bits per heavy atom. The van der Waals surface area contributed by atoms with Crippen LogP contribution in [0, 0.1) is 6.92 Å². The van der Waals surface area contributed by atoms with Crippen molar-refractivity contribution in [2.75, 3.05) is 10.6 Å². The van der Waals surface area contributed by atoms with Crippen molar-refractivity contribution in [1.82, 2.24) is 15.2 Å². The van der Waals surface area contributed by atoms with Gasteiger partial charge in [-0.25, -0.2) is 0 Å². The number of hydrogen-bond acceptors (Lipinski definition) is 5. The van der Waals surface area contributed by atoms with Crippen molar-refractivity contribution in [3.05, 3.63) is 63.2 Å². The van der Waals surface area contributed by atoms with E-state index in [0.29, 0.717) is 32.5 Å². The summed E-state index contributed by atoms with van der Waals surface area (Å²) in [6, 6.07) is 10.6. The summed E-state index contributed by atoms with van der Waals surface area (Å²) in [5.74, 6) is 0.840. The molecule has 122 valence electrons. The summed E-state index contributed by atoms with van der Waals surface area (Å²) in [5.41, 5.74) is 2.46. The van der Waals surface area contributed by atoms with Gasteiger partial charge in [-0.05, 0) is 48.9 Å². The summed E-state index contributed by atoms with van der Waals surface area (Å²) in [5, 5.41) is 15.9. The van der Waals surface area contributed by atoms with Gasteiger partial charge in [0.25, 0.3) is 0 Å². The Hall–Kier alpha value is -2.08. The number of hydrogen-bond donors (Lipinski definition) is 2. The molecule has 0 aliphatic heterocycles. The van der Waals surface area contributed by atoms with Crippen LogP contribution in [-0.2, 0) is 0 Å². The first-order chi connectivity index (χ1) is 11.5. The molecule has 0 radical (unpaired) electrons. The molecule has 8 heteroatoms. The minimum atomic E-state index is 0.351. The second-order valence-electron chi connectivity index (χ2n) is 5.00. The third kappa shape index (κ3) is 4.06. The fourth-order valence-corrected chi connectivity index (χ4v) is 2.60. The normalized spacial score (nSPS) is 10.5. The number of anilines is 4. The Bertz CT molecular complexity index is 885. The molecule has 0 amide bonds. The van der Waals surface area contributed by atoms with Crippen molar-refractivity contribution in [3.63, 3.8) is 0 Å². The molecule has 0 aliphatic rings. The number of nitrogens with zero attached hydrogens (tertiary/aromatic N) is 3. The van der Waals surface area contributed by atoms with E-state index in [1.807, 2.05) is 19.1 Å². The molecule has 0 saturated carbocycles. The first kappa shape index (κ1) is 16.8. The van der Waals surface area contributed by atoms with Crippen LogP contribution in [0.1, 0.15) is 5.56 Å². The standard InChI is InChI=1S/C16H12Cl3N5/c1-9-6-10(17)3-5-13(9)22-16-23-15(8-20-24-16)21-14-7-11(18)2-4-12(14)19/h2-8H,1H3,(H2,21,22,23,24). The molecule has 0 bridgehead atoms. The second-order valence-corrected chi connectivity index (χ2v) is 6.28. The summed E-state index contributed by atoms with van der Waals surface area (Å²) < 4.78 is 0. The van der Waals surface area contributed by atoms with E-state index in [-0.39, 0.29) is 0 Å². The SMILES string of the molecule is Cc1cc(Cl)ccc1Nc1nncc(Nc2cc(Cl)ccc2Cl)n1. The Kier molecular flexibility index (Phi) is 5.04. The van der Waals surface area contributed by atoms with E-state index in [0.717, 1.165) is 11.3 Å². The number of aromatic nitrogens is 3. The molecule has 1 heterocycles. The van der Waals surface area contributed by atoms with Gasteiger partial charge >= 0.3 is 0 Å². The molecule has 24 heavy (non-hydrogen) atoms. The number of benzene rings is 2. The van der Waals surface area contributed by atoms with Crippen LogP contribution in [0.25, 0.3) is 0 Å². The zero-order chi connectivity index (χ0) is 17.1. The maximum Gasteiger partial charge on any atom is 0.249 e. The van der Waals surface area contributed by atoms with Gasteiger partial charge < -0.3 is 10.6 Å². The number of rotatable bonds is 4. The van der Waals surface area contributed by atoms with E-state index >= 15 is 0 Å². The lowest BCUT2D eigenvalue weighted by molar-refractivity contribution is 0.982. The number of halogens is 3. The van der Waals surface area contributed by atoms with Crippen LogP contribution in [-0.4, -0.2) is 15.2 Å². The van der Waals surface area contributed by atoms with Gasteiger partial charge in [0.05, 0.1) is 16.9 Å². The van der Waals surface area contributed by atoms with Crippen LogP contribution in [0.3, 0.4) is 0 Å². The molecule has 0 saturated heterocycles. The molecule has 5 nitrogen and oxygen atoms in total. The molecule has 0 unspecified atom stereocenters. The van der Waals surface area contributed by atoms with E-state index < -0.39 is 0 Å². The fourth-order valence-electron chi connectivity index (χ4n) is 2.04. The van der Waals surface area contributed by atoms with Gasteiger partial charge in [0.15, 0.2) is 5.82 Å². The van der Waals surface area contributed by atoms with Gasteiger partial charge in [0, 0.05) is 15.7 Å². The highest BCUT2D eigenvalue weighted by atomic mass is 35.5. The van der Waals surface area contributed by atoms with Crippen LogP contribution in [0.4, 0.5) is 23.1 Å². The Balaban J connectivity index is 1.82. The first-order valence-corrected chi connectivity index (χ1v) is 8.09. The number of nitrogens with one attached hydrogen (secondary N) is 2. The monoisotopic (exact) mass is 379 g/mol. The van der Waals surface area contributed by atoms with Gasteiger partial charge in [-0.1, -0.05) is 34.8 Å². The molecule has 2 aromatic carbocycles. The lowest BCUT2D eigenvalue weighted by Crippen LogP contribution is -2.03. The molecular weight excluding hydrogens is 369 g/mol. The highest BCUT2D eigenvalue weighted by Crippen LogP contribution is 2.28. The van der Waals surface area contributed by atoms with Gasteiger partial charge in [-0.15, -0.1) is 5.10 Å². The van der Waals surface area contributed by atoms with E-state index in [1.165, 1.54) is 6.20 Å². The Morgan fingerprint density at radius 1 is 0.875 bits per heavy atom. The first-order valence-electron chi connectivity index (χ1n) is 6.96. The lowest BCUT2D eigenvalue weighted by Gasteiger charge is -2.10. The van der Waals surface area contributed by atoms with Gasteiger partial charge in [0.1, 0.15) is 0 Å². The van der Waals surface area contributed by atoms with Crippen LogP contribution in [0.15, 0.2) is 42.6 Å². The number of aryl methyl sites for hydroxylation is 1. The maximum atomic E-state index is 6.14. The van der Waals surface area contributed by atoms with Crippen molar-refractivity contribution in [3.8, 4) is 0 Å². The van der Waals surface area contributed by atoms with E-state index in [4.69, 9.17) is 34.8 Å². The summed E-state index contributed by atoms with van der Waals surface area (Å²) in [7, 11) is 0. The molecule has 2 N–H and O–H groups in total. The van der Waals surface area contributed by atoms with E-state index in [9.17, 15) is 0 Å². The molecule has 3 aromatic rings. The summed E-state index contributed by atoms with van der Waals surface area (Å²) in [6.45, 7) is 1.94. The summed E-state index contributed by atoms with van der Waals surface area (Å²) >= 11 is 18.1. The van der Waals surface area contributed by atoms with Gasteiger partial charge in [-0.3, -0.25) is 0 Å². The summed E-state index contributed by atoms with van der Waals surface area (Å²) in [6.07, 6.45) is 1.50. The quantitative estimate of drug-likeness (QED) is 0.614. The topological polar surface area (TPSA) is 62.7 Å². The third-order valence-corrected chi connectivity index (χ3v) is 3.98. The van der Waals surface area contributed by atoms with Crippen LogP contribution in [0.5, 0.6) is 0 Å². The van der Waals surface area contributed by atoms with Crippen molar-refractivity contribution in [2.24, 2.45) is 0 Å². The zero-order valence-corrected chi connectivity index (χ0v) is 14.8. The van der Waals surface area contributed by atoms with E-state index in [2.05, 4.69) is 25.8 Å². The molecular formula is C16H12Cl3N5. The van der Waals surface area contributed by atoms with Crippen LogP contribution in [0.2, 0.25) is 15.1 Å². The Labute approximate surface area is 154 Å². The molecule has 0 spiro atoms. The average molecular weight is 381 g/mol. The molecule has 1 aromatic heterocycles. The lowest BCUT2D eigenvalue weighted by atomic mass is 10.2. The minimum Gasteiger partial charge on any atom is -0.338 e. The smallest absolute Gasteiger partial charge is 0.249 e. The van der Waals surface area contributed by atoms with E-state index in [1.54, 1.807) is 24.3 Å². The highest BCUT2D eigenvalue weighted by molar-refractivity contribution is 6.35. The van der Waals surface area contributed by atoms with Gasteiger partial charge in [-0.2, -0.15) is 10.1 Å². The second kappa shape index (κ2) is 7.21. The molecule has 0 atom stereocenters. The van der Waals surface area contributed by atoms with Crippen LogP contribution >= 0.6 is 34.8 Å². The van der Waals surface area contributed by atoms with Crippen molar-refractivity contribution >= 4 is 57.9 Å². The molecule has 0 fully saturated rings. The predicted molar refractivity (Wildman–Crippen MR) is 99.0 cm³/mol. The summed E-state index contributed by atoms with van der Waals surface area (Å²) in [4.78, 5) is 4.37. The third-order valence-electron chi connectivity index (χ3n) is 3.18.